The van der Waals surface area contributed by atoms with Gasteiger partial charge in [-0.1, -0.05) is 213 Å². The second-order valence-corrected chi connectivity index (χ2v) is 37.7. The van der Waals surface area contributed by atoms with Crippen LogP contribution in [0.1, 0.15) is 188 Å². The topological polar surface area (TPSA) is 19.4 Å². The lowest BCUT2D eigenvalue weighted by atomic mass is 9.85. The number of aryl methyl sites for hydroxylation is 15. The standard InChI is InChI=1S/C25H30N.C24H30N.C23H28N.C22H26N.C21H24N/c1-17-13-18(2)19(3)23(14-17)25-16-21(15-20-9-5-6-10-20)22-11-7-8-12-24(22)26(25)4;1-16-12-17(2)18(3)21(13-16)23-14-19(15-24(4,5)6)20-10-8-9-11-22(20)25(23)7;1-15(2)9-19-7-8-20-14-24(6)23(13-21(20)12-19)22-11-16(3)10-17(4)18(22)5;1-6-9-18-14-22(20-13-15(2)12-16(3)17(20)4)23(5)21-11-8-7-10-19(18)21;1-15(2)11-17-9-10-18-14-22(4)21(13-19(18)12-17)20-8-6-5-7-16(20)3/h7-8,11-14,16,20H,5-6,9-10,15H2,1-4H3;8-14H,15H2,1-7H3;7-8,10-15H,9H2,1-6H3;7-8,10-14H,6,9H2,1-5H3;5-10,12-15H,11H2,1-4H3/q5*+1. The maximum absolute atomic E-state index is 2.47. The van der Waals surface area contributed by atoms with Gasteiger partial charge in [0.1, 0.15) is 35.2 Å². The fourth-order valence-electron chi connectivity index (χ4n) is 18.8. The van der Waals surface area contributed by atoms with Crippen molar-refractivity contribution in [2.75, 3.05) is 0 Å². The first-order chi connectivity index (χ1) is 57.1. The first-order valence-electron chi connectivity index (χ1n) is 44.6. The molecule has 0 amide bonds. The van der Waals surface area contributed by atoms with Crippen LogP contribution in [0.4, 0.5) is 0 Å². The highest BCUT2D eigenvalue weighted by molar-refractivity contribution is 5.88. The van der Waals surface area contributed by atoms with Crippen molar-refractivity contribution in [3.63, 3.8) is 0 Å². The number of hydrogen-bond donors (Lipinski definition) is 0. The van der Waals surface area contributed by atoms with Crippen LogP contribution in [-0.2, 0) is 67.3 Å². The van der Waals surface area contributed by atoms with Crippen LogP contribution in [0.2, 0.25) is 0 Å². The van der Waals surface area contributed by atoms with E-state index in [1.54, 1.807) is 0 Å². The Balaban J connectivity index is 0.000000138. The molecule has 0 radical (unpaired) electrons. The Morgan fingerprint density at radius 3 is 1.06 bits per heavy atom. The summed E-state index contributed by atoms with van der Waals surface area (Å²) in [7, 11) is 10.9. The predicted molar refractivity (Wildman–Crippen MR) is 514 cm³/mol. The molecule has 5 nitrogen and oxygen atoms in total. The van der Waals surface area contributed by atoms with Crippen LogP contribution in [-0.4, -0.2) is 0 Å². The number of pyridine rings is 5. The van der Waals surface area contributed by atoms with Gasteiger partial charge in [0.05, 0.1) is 0 Å². The molecule has 10 aromatic carbocycles. The van der Waals surface area contributed by atoms with Crippen molar-refractivity contribution >= 4 is 54.3 Å². The lowest BCUT2D eigenvalue weighted by Gasteiger charge is -2.20. The van der Waals surface area contributed by atoms with Crippen LogP contribution < -0.4 is 22.8 Å². The molecule has 1 saturated carbocycles. The van der Waals surface area contributed by atoms with Crippen LogP contribution >= 0.6 is 0 Å². The quantitative estimate of drug-likeness (QED) is 0.0967. The molecule has 1 aliphatic carbocycles. The number of para-hydroxylation sites is 3. The number of aromatic nitrogens is 5. The van der Waals surface area contributed by atoms with E-state index >= 15 is 0 Å². The normalized spacial score (nSPS) is 12.3. The lowest BCUT2D eigenvalue weighted by molar-refractivity contribution is -0.659. The van der Waals surface area contributed by atoms with E-state index in [4.69, 9.17) is 0 Å². The van der Waals surface area contributed by atoms with Gasteiger partial charge in [-0.15, -0.1) is 0 Å². The fraction of sp³-hybridized carbons (Fsp3) is 0.348. The maximum atomic E-state index is 2.47. The molecule has 0 N–H and O–H groups in total. The van der Waals surface area contributed by atoms with Gasteiger partial charge < -0.3 is 0 Å². The molecule has 16 rings (SSSR count). The molecule has 0 aliphatic heterocycles. The van der Waals surface area contributed by atoms with E-state index in [1.165, 1.54) is 249 Å². The van der Waals surface area contributed by atoms with Crippen LogP contribution in [0, 0.1) is 113 Å². The molecule has 15 aromatic rings. The number of hydrogen-bond acceptors (Lipinski definition) is 0. The van der Waals surface area contributed by atoms with E-state index < -0.39 is 0 Å². The van der Waals surface area contributed by atoms with Gasteiger partial charge in [-0.2, -0.15) is 13.7 Å². The molecule has 0 atom stereocenters. The third kappa shape index (κ3) is 20.6. The first-order valence-corrected chi connectivity index (χ1v) is 44.6. The summed E-state index contributed by atoms with van der Waals surface area (Å²) in [6.45, 7) is 47.0. The van der Waals surface area contributed by atoms with E-state index in [2.05, 4.69) is 428 Å². The summed E-state index contributed by atoms with van der Waals surface area (Å²) in [5, 5.41) is 9.43. The lowest BCUT2D eigenvalue weighted by Crippen LogP contribution is -2.33. The number of nitrogens with zero attached hydrogens (tertiary/aromatic N) is 5. The zero-order valence-electron chi connectivity index (χ0n) is 77.9. The second-order valence-electron chi connectivity index (χ2n) is 37.7. The Labute approximate surface area is 721 Å². The largest absolute Gasteiger partial charge is 0.213 e. The van der Waals surface area contributed by atoms with Gasteiger partial charge in [0.2, 0.25) is 45.0 Å². The average Bonchev–Trinajstić information content (AvgIpc) is 0.853. The second kappa shape index (κ2) is 38.3. The van der Waals surface area contributed by atoms with Crippen LogP contribution in [0.25, 0.3) is 111 Å². The minimum Gasteiger partial charge on any atom is -0.200 e. The number of rotatable bonds is 14. The molecule has 5 heteroatoms. The highest BCUT2D eigenvalue weighted by Gasteiger charge is 2.28. The summed E-state index contributed by atoms with van der Waals surface area (Å²) in [5.74, 6) is 2.23. The van der Waals surface area contributed by atoms with Crippen molar-refractivity contribution in [3.8, 4) is 56.3 Å². The summed E-state index contributed by atoms with van der Waals surface area (Å²) >= 11 is 0. The Bertz CT molecular complexity index is 6270. The van der Waals surface area contributed by atoms with E-state index in [1.807, 2.05) is 0 Å². The Hall–Kier alpha value is -10.8. The molecule has 0 saturated heterocycles. The first kappa shape index (κ1) is 88.5. The predicted octanol–water partition coefficient (Wildman–Crippen LogP) is 27.3. The highest BCUT2D eigenvalue weighted by Crippen LogP contribution is 2.37. The minimum absolute atomic E-state index is 0.261. The zero-order chi connectivity index (χ0) is 86.3. The van der Waals surface area contributed by atoms with Gasteiger partial charge in [-0.25, -0.2) is 9.13 Å². The van der Waals surface area contributed by atoms with Gasteiger partial charge in [0.25, 0.3) is 0 Å². The summed E-state index contributed by atoms with van der Waals surface area (Å²) in [5.41, 5.74) is 42.4. The van der Waals surface area contributed by atoms with Crippen LogP contribution in [0.3, 0.4) is 0 Å². The molecule has 1 aliphatic rings. The SMILES string of the molecule is CCCc1cc(-c2cc(C)cc(C)c2C)[n+](C)c2ccccc12.Cc1cc(C)c(C)c(-c2cc(CC(C)(C)C)c3ccccc3[n+]2C)c1.Cc1cc(C)c(C)c(-c2cc(CC3CCCC3)c3ccccc3[n+]2C)c1.Cc1cc(C)c(C)c(-c2cc3cc(CC(C)C)ccc3c[n+]2C)c1.Cc1ccccc1-c1cc2cc(CC(C)C)ccc2c[n+]1C. The minimum atomic E-state index is 0.261. The summed E-state index contributed by atoms with van der Waals surface area (Å²) in [6.07, 6.45) is 17.0. The van der Waals surface area contributed by atoms with Gasteiger partial charge in [-0.3, -0.25) is 0 Å². The van der Waals surface area contributed by atoms with Crippen molar-refractivity contribution in [1.29, 1.82) is 0 Å². The average molecular weight is 1590 g/mol. The summed E-state index contributed by atoms with van der Waals surface area (Å²) < 4.78 is 11.6. The number of fused-ring (bicyclic) bond motifs is 5. The molecule has 0 bridgehead atoms. The highest BCUT2D eigenvalue weighted by atomic mass is 15.0. The molecular formula is C115H138N5+5. The molecular weight excluding hydrogens is 1450 g/mol. The molecule has 5 heterocycles. The van der Waals surface area contributed by atoms with Crippen molar-refractivity contribution in [2.45, 2.75) is 210 Å². The third-order valence-electron chi connectivity index (χ3n) is 25.4. The zero-order valence-corrected chi connectivity index (χ0v) is 77.9. The van der Waals surface area contributed by atoms with Crippen molar-refractivity contribution in [2.24, 2.45) is 58.4 Å². The summed E-state index contributed by atoms with van der Waals surface area (Å²) in [4.78, 5) is 0. The smallest absolute Gasteiger partial charge is 0.200 e. The van der Waals surface area contributed by atoms with Crippen LogP contribution in [0.5, 0.6) is 0 Å². The van der Waals surface area contributed by atoms with E-state index in [0.29, 0.717) is 11.8 Å². The Morgan fingerprint density at radius 2 is 0.675 bits per heavy atom. The third-order valence-corrected chi connectivity index (χ3v) is 25.4. The van der Waals surface area contributed by atoms with Crippen molar-refractivity contribution < 1.29 is 22.8 Å². The fourth-order valence-corrected chi connectivity index (χ4v) is 18.8. The molecule has 5 aromatic heterocycles. The molecule has 1 fully saturated rings. The molecule has 0 unspecified atom stereocenters. The van der Waals surface area contributed by atoms with Gasteiger partial charge >= 0.3 is 0 Å². The van der Waals surface area contributed by atoms with Gasteiger partial charge in [-0.05, 0) is 295 Å². The van der Waals surface area contributed by atoms with E-state index in [9.17, 15) is 0 Å². The molecule has 0 spiro atoms. The number of benzene rings is 10. The van der Waals surface area contributed by atoms with E-state index in [-0.39, 0.29) is 5.41 Å². The van der Waals surface area contributed by atoms with Crippen molar-refractivity contribution in [3.05, 3.63) is 325 Å². The monoisotopic (exact) mass is 1590 g/mol. The Morgan fingerprint density at radius 1 is 0.333 bits per heavy atom. The Kier molecular flexibility index (Phi) is 28.3. The van der Waals surface area contributed by atoms with E-state index in [0.717, 1.165) is 31.6 Å². The molecule has 618 valence electrons. The van der Waals surface area contributed by atoms with Gasteiger partial charge in [0.15, 0.2) is 12.4 Å². The maximum Gasteiger partial charge on any atom is 0.213 e. The van der Waals surface area contributed by atoms with Crippen LogP contribution in [0.15, 0.2) is 225 Å². The summed E-state index contributed by atoms with van der Waals surface area (Å²) in [6, 6.07) is 79.1. The van der Waals surface area contributed by atoms with Gasteiger partial charge in [0, 0.05) is 103 Å². The van der Waals surface area contributed by atoms with Crippen molar-refractivity contribution in [1.82, 2.24) is 0 Å². The molecule has 120 heavy (non-hydrogen) atoms.